The molecule has 0 bridgehead atoms. The van der Waals surface area contributed by atoms with E-state index >= 15 is 0 Å². The first-order valence-corrected chi connectivity index (χ1v) is 19.6. The van der Waals surface area contributed by atoms with E-state index in [-0.39, 0.29) is 5.41 Å². The summed E-state index contributed by atoms with van der Waals surface area (Å²) >= 11 is 1.86. The summed E-state index contributed by atoms with van der Waals surface area (Å²) in [4.78, 5) is 10.7. The lowest BCUT2D eigenvalue weighted by atomic mass is 9.74. The smallest absolute Gasteiger partial charge is 0.161 e. The number of nitrogens with zero attached hydrogens (tertiary/aromatic N) is 2. The summed E-state index contributed by atoms with van der Waals surface area (Å²) in [6.45, 7) is 2.37. The van der Waals surface area contributed by atoms with E-state index in [0.717, 1.165) is 39.3 Å². The van der Waals surface area contributed by atoms with Crippen LogP contribution in [0.15, 0.2) is 188 Å². The summed E-state index contributed by atoms with van der Waals surface area (Å²) in [5, 5.41) is 4.94. The minimum absolute atomic E-state index is 0.302. The van der Waals surface area contributed by atoms with Gasteiger partial charge in [0.25, 0.3) is 0 Å². The fraction of sp³-hybridized carbons (Fsp3) is 0.0385. The van der Waals surface area contributed by atoms with Gasteiger partial charge in [0.1, 0.15) is 0 Å². The predicted octanol–water partition coefficient (Wildman–Crippen LogP) is 14.0. The number of fused-ring (bicyclic) bond motifs is 7. The van der Waals surface area contributed by atoms with E-state index in [1.54, 1.807) is 0 Å². The van der Waals surface area contributed by atoms with Crippen LogP contribution in [0.3, 0.4) is 0 Å². The third-order valence-electron chi connectivity index (χ3n) is 11.6. The Bertz CT molecular complexity index is 3100. The van der Waals surface area contributed by atoms with Crippen molar-refractivity contribution in [2.75, 3.05) is 0 Å². The van der Waals surface area contributed by atoms with Gasteiger partial charge in [-0.2, -0.15) is 0 Å². The van der Waals surface area contributed by atoms with Crippen molar-refractivity contribution < 1.29 is 0 Å². The van der Waals surface area contributed by atoms with Crippen molar-refractivity contribution in [3.63, 3.8) is 0 Å². The van der Waals surface area contributed by atoms with Gasteiger partial charge in [-0.25, -0.2) is 9.97 Å². The Balaban J connectivity index is 1.08. The SMILES string of the molecule is CC1(c2ccccc2)c2ccccc2-c2ccc(-c3cc(-c4ccc(-c5cccc6sc7ccccc7c56)cc4)nc(-c4cccc5ccccc45)n3)cc21. The highest BCUT2D eigenvalue weighted by Crippen LogP contribution is 2.53. The molecule has 0 fully saturated rings. The quantitative estimate of drug-likeness (QED) is 0.177. The van der Waals surface area contributed by atoms with Gasteiger partial charge in [-0.3, -0.25) is 0 Å². The zero-order chi connectivity index (χ0) is 36.5. The molecular weight excluding hydrogens is 685 g/mol. The van der Waals surface area contributed by atoms with Crippen molar-refractivity contribution >= 4 is 42.3 Å². The molecule has 0 spiro atoms. The standard InChI is InChI=1S/C52H34N2S/c1-52(37-15-3-2-4-16-37)44-22-9-7-18-40(44)41-30-29-36(31-45(41)52)47-32-46(53-51(54-47)42-21-11-14-33-13-5-6-17-38(33)42)35-27-25-34(26-28-35)39-20-12-24-49-50(39)43-19-8-10-23-48(43)55-49/h2-32H,1H3. The van der Waals surface area contributed by atoms with Crippen LogP contribution >= 0.6 is 11.3 Å². The Morgan fingerprint density at radius 2 is 1.02 bits per heavy atom. The first-order valence-electron chi connectivity index (χ1n) is 18.8. The van der Waals surface area contributed by atoms with Crippen molar-refractivity contribution in [3.05, 3.63) is 205 Å². The van der Waals surface area contributed by atoms with Crippen LogP contribution in [0.2, 0.25) is 0 Å². The number of rotatable bonds is 5. The van der Waals surface area contributed by atoms with E-state index in [4.69, 9.17) is 9.97 Å². The fourth-order valence-corrected chi connectivity index (χ4v) is 9.99. The van der Waals surface area contributed by atoms with Gasteiger partial charge in [-0.15, -0.1) is 11.3 Å². The molecule has 3 heteroatoms. The topological polar surface area (TPSA) is 25.8 Å². The maximum absolute atomic E-state index is 5.36. The average Bonchev–Trinajstić information content (AvgIpc) is 3.77. The van der Waals surface area contributed by atoms with Crippen molar-refractivity contribution in [1.82, 2.24) is 9.97 Å². The molecule has 0 saturated heterocycles. The maximum Gasteiger partial charge on any atom is 0.161 e. The molecule has 1 atom stereocenters. The van der Waals surface area contributed by atoms with Gasteiger partial charge in [0.2, 0.25) is 0 Å². The summed E-state index contributed by atoms with van der Waals surface area (Å²) in [5.41, 5.74) is 13.6. The third kappa shape index (κ3) is 5.01. The van der Waals surface area contributed by atoms with E-state index in [0.29, 0.717) is 0 Å². The van der Waals surface area contributed by atoms with Crippen LogP contribution in [0.1, 0.15) is 23.6 Å². The molecule has 0 aliphatic heterocycles. The summed E-state index contributed by atoms with van der Waals surface area (Å²) in [7, 11) is 0. The summed E-state index contributed by atoms with van der Waals surface area (Å²) in [6, 6.07) is 68.0. The molecule has 258 valence electrons. The lowest BCUT2D eigenvalue weighted by molar-refractivity contribution is 0.714. The highest BCUT2D eigenvalue weighted by molar-refractivity contribution is 7.25. The lowest BCUT2D eigenvalue weighted by Crippen LogP contribution is -2.22. The van der Waals surface area contributed by atoms with Crippen LogP contribution in [0, 0.1) is 0 Å². The number of aromatic nitrogens is 2. The van der Waals surface area contributed by atoms with Crippen LogP contribution in [0.5, 0.6) is 0 Å². The second kappa shape index (κ2) is 12.4. The second-order valence-corrected chi connectivity index (χ2v) is 15.7. The van der Waals surface area contributed by atoms with Crippen LogP contribution in [0.4, 0.5) is 0 Å². The largest absolute Gasteiger partial charge is 0.228 e. The van der Waals surface area contributed by atoms with Gasteiger partial charge >= 0.3 is 0 Å². The summed E-state index contributed by atoms with van der Waals surface area (Å²) in [5.74, 6) is 0.720. The second-order valence-electron chi connectivity index (χ2n) is 14.6. The molecule has 1 unspecified atom stereocenters. The van der Waals surface area contributed by atoms with Crippen LogP contribution in [0.25, 0.3) is 87.1 Å². The molecular formula is C52H34N2S. The van der Waals surface area contributed by atoms with Crippen molar-refractivity contribution in [3.8, 4) is 56.2 Å². The zero-order valence-corrected chi connectivity index (χ0v) is 31.0. The summed E-state index contributed by atoms with van der Waals surface area (Å²) < 4.78 is 2.62. The third-order valence-corrected chi connectivity index (χ3v) is 12.7. The molecule has 0 amide bonds. The molecule has 11 rings (SSSR count). The molecule has 0 N–H and O–H groups in total. The van der Waals surface area contributed by atoms with Gasteiger partial charge < -0.3 is 0 Å². The van der Waals surface area contributed by atoms with E-state index in [1.165, 1.54) is 64.5 Å². The predicted molar refractivity (Wildman–Crippen MR) is 232 cm³/mol. The highest BCUT2D eigenvalue weighted by atomic mass is 32.1. The molecule has 2 aromatic heterocycles. The summed E-state index contributed by atoms with van der Waals surface area (Å²) in [6.07, 6.45) is 0. The van der Waals surface area contributed by atoms with Gasteiger partial charge in [-0.1, -0.05) is 164 Å². The average molecular weight is 719 g/mol. The lowest BCUT2D eigenvalue weighted by Gasteiger charge is -2.28. The number of benzene rings is 8. The van der Waals surface area contributed by atoms with E-state index < -0.39 is 0 Å². The van der Waals surface area contributed by atoms with Crippen molar-refractivity contribution in [2.45, 2.75) is 12.3 Å². The Morgan fingerprint density at radius 3 is 1.89 bits per heavy atom. The van der Waals surface area contributed by atoms with E-state index in [1.807, 2.05) is 11.3 Å². The zero-order valence-electron chi connectivity index (χ0n) is 30.2. The first kappa shape index (κ1) is 31.8. The molecule has 10 aromatic rings. The monoisotopic (exact) mass is 718 g/mol. The molecule has 2 heterocycles. The van der Waals surface area contributed by atoms with Gasteiger partial charge in [-0.05, 0) is 80.9 Å². The minimum atomic E-state index is -0.302. The van der Waals surface area contributed by atoms with Crippen molar-refractivity contribution in [1.29, 1.82) is 0 Å². The first-order chi connectivity index (χ1) is 27.1. The number of hydrogen-bond donors (Lipinski definition) is 0. The molecule has 8 aromatic carbocycles. The Hall–Kier alpha value is -6.68. The van der Waals surface area contributed by atoms with Crippen LogP contribution in [-0.2, 0) is 5.41 Å². The van der Waals surface area contributed by atoms with Crippen LogP contribution < -0.4 is 0 Å². The molecule has 0 saturated carbocycles. The highest BCUT2D eigenvalue weighted by Gasteiger charge is 2.40. The van der Waals surface area contributed by atoms with Gasteiger partial charge in [0.15, 0.2) is 5.82 Å². The molecule has 2 nitrogen and oxygen atoms in total. The van der Waals surface area contributed by atoms with Crippen LogP contribution in [-0.4, -0.2) is 9.97 Å². The maximum atomic E-state index is 5.36. The molecule has 1 aliphatic carbocycles. The van der Waals surface area contributed by atoms with E-state index in [9.17, 15) is 0 Å². The molecule has 55 heavy (non-hydrogen) atoms. The molecule has 0 radical (unpaired) electrons. The number of hydrogen-bond acceptors (Lipinski definition) is 3. The molecule has 1 aliphatic rings. The fourth-order valence-electron chi connectivity index (χ4n) is 8.85. The number of thiophene rings is 1. The van der Waals surface area contributed by atoms with Gasteiger partial charge in [0.05, 0.1) is 11.4 Å². The Morgan fingerprint density at radius 1 is 0.418 bits per heavy atom. The van der Waals surface area contributed by atoms with Gasteiger partial charge in [0, 0.05) is 42.3 Å². The Labute approximate surface area is 324 Å². The van der Waals surface area contributed by atoms with Crippen molar-refractivity contribution in [2.24, 2.45) is 0 Å². The minimum Gasteiger partial charge on any atom is -0.228 e. The normalized spacial score (nSPS) is 14.7. The Kier molecular flexibility index (Phi) is 7.20. The van der Waals surface area contributed by atoms with E-state index in [2.05, 4.69) is 195 Å².